The summed E-state index contributed by atoms with van der Waals surface area (Å²) in [5.41, 5.74) is 0.820. The van der Waals surface area contributed by atoms with Crippen molar-refractivity contribution in [3.63, 3.8) is 0 Å². The van der Waals surface area contributed by atoms with Gasteiger partial charge in [-0.05, 0) is 17.9 Å². The highest BCUT2D eigenvalue weighted by Crippen LogP contribution is 2.31. The van der Waals surface area contributed by atoms with Gasteiger partial charge in [-0.1, -0.05) is 36.4 Å². The predicted molar refractivity (Wildman–Crippen MR) is 102 cm³/mol. The van der Waals surface area contributed by atoms with Gasteiger partial charge < -0.3 is 10.2 Å². The van der Waals surface area contributed by atoms with Crippen molar-refractivity contribution in [2.75, 3.05) is 30.0 Å². The van der Waals surface area contributed by atoms with Gasteiger partial charge in [-0.15, -0.1) is 0 Å². The first kappa shape index (κ1) is 18.4. The molecule has 7 heteroatoms. The number of anilines is 1. The molecule has 1 atom stereocenters. The summed E-state index contributed by atoms with van der Waals surface area (Å²) in [6.45, 7) is 0.635. The molecule has 1 aliphatic rings. The summed E-state index contributed by atoms with van der Waals surface area (Å²) in [5.74, 6) is -0.647. The summed E-state index contributed by atoms with van der Waals surface area (Å²) >= 11 is 0. The van der Waals surface area contributed by atoms with Gasteiger partial charge >= 0.3 is 0 Å². The van der Waals surface area contributed by atoms with Gasteiger partial charge in [-0.3, -0.25) is 9.59 Å². The van der Waals surface area contributed by atoms with Crippen LogP contribution in [0.1, 0.15) is 12.8 Å². The van der Waals surface area contributed by atoms with Crippen LogP contribution >= 0.6 is 0 Å². The Bertz CT molecular complexity index is 934. The van der Waals surface area contributed by atoms with Crippen LogP contribution in [0.25, 0.3) is 10.8 Å². The monoisotopic (exact) mass is 374 g/mol. The lowest BCUT2D eigenvalue weighted by molar-refractivity contribution is -0.126. The average Bonchev–Trinajstić information content (AvgIpc) is 2.99. The Hall–Kier alpha value is -2.41. The second-order valence-corrected chi connectivity index (χ2v) is 8.94. The van der Waals surface area contributed by atoms with Crippen LogP contribution in [-0.2, 0) is 19.4 Å². The van der Waals surface area contributed by atoms with Crippen LogP contribution in [0.4, 0.5) is 5.69 Å². The van der Waals surface area contributed by atoms with Crippen molar-refractivity contribution in [1.29, 1.82) is 0 Å². The molecule has 2 amide bonds. The van der Waals surface area contributed by atoms with E-state index in [1.807, 2.05) is 42.5 Å². The normalized spacial score (nSPS) is 17.7. The van der Waals surface area contributed by atoms with E-state index in [1.54, 1.807) is 4.90 Å². The number of nitrogens with zero attached hydrogens (tertiary/aromatic N) is 1. The third-order valence-electron chi connectivity index (χ3n) is 4.54. The number of carbonyl (C=O) groups excluding carboxylic acids is 2. The number of carbonyl (C=O) groups is 2. The third kappa shape index (κ3) is 4.22. The van der Waals surface area contributed by atoms with E-state index in [0.717, 1.165) is 16.5 Å². The molecule has 1 aliphatic heterocycles. The molecule has 0 unspecified atom stereocenters. The maximum absolute atomic E-state index is 12.5. The first-order valence-corrected chi connectivity index (χ1v) is 10.6. The number of nitrogens with one attached hydrogen (secondary N) is 1. The van der Waals surface area contributed by atoms with Crippen molar-refractivity contribution in [3.05, 3.63) is 42.5 Å². The van der Waals surface area contributed by atoms with Gasteiger partial charge in [0.15, 0.2) is 0 Å². The highest BCUT2D eigenvalue weighted by atomic mass is 32.2. The Morgan fingerprint density at radius 1 is 1.19 bits per heavy atom. The van der Waals surface area contributed by atoms with Crippen LogP contribution in [0.3, 0.4) is 0 Å². The summed E-state index contributed by atoms with van der Waals surface area (Å²) in [7, 11) is -3.03. The molecule has 1 N–H and O–H groups in total. The molecule has 6 nitrogen and oxygen atoms in total. The van der Waals surface area contributed by atoms with Gasteiger partial charge in [0.05, 0.1) is 17.4 Å². The fourth-order valence-corrected chi connectivity index (χ4v) is 3.92. The zero-order chi connectivity index (χ0) is 18.7. The lowest BCUT2D eigenvalue weighted by Crippen LogP contribution is -2.34. The number of amides is 2. The largest absolute Gasteiger partial charge is 0.356 e. The molecule has 3 rings (SSSR count). The Morgan fingerprint density at radius 3 is 2.69 bits per heavy atom. The lowest BCUT2D eigenvalue weighted by Gasteiger charge is -2.19. The molecule has 2 aromatic carbocycles. The Morgan fingerprint density at radius 2 is 1.92 bits per heavy atom. The number of sulfone groups is 1. The molecule has 2 aromatic rings. The van der Waals surface area contributed by atoms with Crippen molar-refractivity contribution in [3.8, 4) is 0 Å². The van der Waals surface area contributed by atoms with Gasteiger partial charge in [0.2, 0.25) is 11.8 Å². The molecule has 1 saturated heterocycles. The van der Waals surface area contributed by atoms with Gasteiger partial charge in [-0.2, -0.15) is 0 Å². The summed E-state index contributed by atoms with van der Waals surface area (Å²) in [6, 6.07) is 13.6. The molecule has 138 valence electrons. The van der Waals surface area contributed by atoms with Crippen molar-refractivity contribution in [1.82, 2.24) is 5.32 Å². The topological polar surface area (TPSA) is 83.5 Å². The molecular weight excluding hydrogens is 352 g/mol. The second-order valence-electron chi connectivity index (χ2n) is 6.68. The molecule has 1 heterocycles. The third-order valence-corrected chi connectivity index (χ3v) is 5.57. The van der Waals surface area contributed by atoms with Crippen LogP contribution < -0.4 is 10.2 Å². The number of hydrogen-bond acceptors (Lipinski definition) is 4. The van der Waals surface area contributed by atoms with Crippen LogP contribution in [0.2, 0.25) is 0 Å². The van der Waals surface area contributed by atoms with Gasteiger partial charge in [-0.25, -0.2) is 8.42 Å². The highest BCUT2D eigenvalue weighted by Gasteiger charge is 2.35. The first-order valence-electron chi connectivity index (χ1n) is 8.59. The van der Waals surface area contributed by atoms with Gasteiger partial charge in [0.25, 0.3) is 0 Å². The molecule has 0 bridgehead atoms. The first-order chi connectivity index (χ1) is 12.3. The molecular formula is C19H22N2O4S. The molecule has 0 radical (unpaired) electrons. The number of rotatable bonds is 6. The molecule has 26 heavy (non-hydrogen) atoms. The SMILES string of the molecule is CS(=O)(=O)CCCNC(=O)[C@H]1CC(=O)N(c2cccc3ccccc23)C1. The van der Waals surface area contributed by atoms with E-state index in [0.29, 0.717) is 19.5 Å². The Kier molecular flexibility index (Phi) is 5.27. The zero-order valence-corrected chi connectivity index (χ0v) is 15.5. The Labute approximate surface area is 153 Å². The molecule has 0 aromatic heterocycles. The number of benzene rings is 2. The number of hydrogen-bond donors (Lipinski definition) is 1. The summed E-state index contributed by atoms with van der Waals surface area (Å²) in [4.78, 5) is 26.4. The van der Waals surface area contributed by atoms with Crippen LogP contribution in [0.5, 0.6) is 0 Å². The van der Waals surface area contributed by atoms with Crippen LogP contribution in [0, 0.1) is 5.92 Å². The molecule has 0 saturated carbocycles. The van der Waals surface area contributed by atoms with E-state index in [9.17, 15) is 18.0 Å². The van der Waals surface area contributed by atoms with Crippen LogP contribution in [-0.4, -0.2) is 45.3 Å². The van der Waals surface area contributed by atoms with Crippen molar-refractivity contribution < 1.29 is 18.0 Å². The minimum Gasteiger partial charge on any atom is -0.356 e. The summed E-state index contributed by atoms with van der Waals surface area (Å²) < 4.78 is 22.2. The van der Waals surface area contributed by atoms with Gasteiger partial charge in [0, 0.05) is 31.2 Å². The molecule has 0 spiro atoms. The van der Waals surface area contributed by atoms with E-state index in [2.05, 4.69) is 5.32 Å². The average molecular weight is 374 g/mol. The Balaban J connectivity index is 1.66. The standard InChI is InChI=1S/C19H22N2O4S/c1-26(24,25)11-5-10-20-19(23)15-12-18(22)21(13-15)17-9-4-7-14-6-2-3-8-16(14)17/h2-4,6-9,15H,5,10-13H2,1H3,(H,20,23)/t15-/m0/s1. The van der Waals surface area contributed by atoms with Crippen molar-refractivity contribution in [2.24, 2.45) is 5.92 Å². The second kappa shape index (κ2) is 7.45. The van der Waals surface area contributed by atoms with E-state index in [4.69, 9.17) is 0 Å². The minimum atomic E-state index is -3.03. The van der Waals surface area contributed by atoms with E-state index >= 15 is 0 Å². The van der Waals surface area contributed by atoms with E-state index in [1.165, 1.54) is 6.26 Å². The predicted octanol–water partition coefficient (Wildman–Crippen LogP) is 1.74. The molecule has 0 aliphatic carbocycles. The van der Waals surface area contributed by atoms with E-state index in [-0.39, 0.29) is 24.0 Å². The van der Waals surface area contributed by atoms with Crippen LogP contribution in [0.15, 0.2) is 42.5 Å². The quantitative estimate of drug-likeness (QED) is 0.781. The smallest absolute Gasteiger partial charge is 0.227 e. The highest BCUT2D eigenvalue weighted by molar-refractivity contribution is 7.90. The zero-order valence-electron chi connectivity index (χ0n) is 14.6. The fourth-order valence-electron chi connectivity index (χ4n) is 3.25. The lowest BCUT2D eigenvalue weighted by atomic mass is 10.1. The summed E-state index contributed by atoms with van der Waals surface area (Å²) in [6.07, 6.45) is 1.71. The van der Waals surface area contributed by atoms with Gasteiger partial charge in [0.1, 0.15) is 9.84 Å². The minimum absolute atomic E-state index is 0.0407. The van der Waals surface area contributed by atoms with E-state index < -0.39 is 15.8 Å². The summed E-state index contributed by atoms with van der Waals surface area (Å²) in [5, 5.41) is 4.78. The maximum Gasteiger partial charge on any atom is 0.227 e. The van der Waals surface area contributed by atoms with Crippen molar-refractivity contribution in [2.45, 2.75) is 12.8 Å². The van der Waals surface area contributed by atoms with Crippen molar-refractivity contribution >= 4 is 38.1 Å². The maximum atomic E-state index is 12.5. The molecule has 1 fully saturated rings. The fraction of sp³-hybridized carbons (Fsp3) is 0.368. The number of fused-ring (bicyclic) bond motifs is 1.